The molecular weight excluding hydrogens is 137 g/mol. The van der Waals surface area contributed by atoms with E-state index < -0.39 is 17.2 Å². The summed E-state index contributed by atoms with van der Waals surface area (Å²) in [7, 11) is 0. The molecule has 0 aromatic heterocycles. The third-order valence-electron chi connectivity index (χ3n) is 0.973. The maximum atomic E-state index is 11.9. The van der Waals surface area contributed by atoms with Crippen molar-refractivity contribution in [3.8, 4) is 0 Å². The molecule has 0 amide bonds. The van der Waals surface area contributed by atoms with Crippen LogP contribution in [0, 0.1) is 0 Å². The van der Waals surface area contributed by atoms with Gasteiger partial charge in [-0.25, -0.2) is 13.2 Å². The number of halogens is 3. The van der Waals surface area contributed by atoms with Crippen molar-refractivity contribution in [1.82, 2.24) is 0 Å². The fourth-order valence-electron chi connectivity index (χ4n) is 0.566. The molecule has 1 fully saturated rings. The van der Waals surface area contributed by atoms with Crippen LogP contribution >= 0.6 is 11.8 Å². The zero-order chi connectivity index (χ0) is 6.15. The van der Waals surface area contributed by atoms with Crippen molar-refractivity contribution in [2.24, 2.45) is 0 Å². The third-order valence-corrected chi connectivity index (χ3v) is 2.02. The summed E-state index contributed by atoms with van der Waals surface area (Å²) in [5.41, 5.74) is -2.97. The van der Waals surface area contributed by atoms with Gasteiger partial charge in [0.25, 0.3) is 0 Å². The van der Waals surface area contributed by atoms with Gasteiger partial charge in [0.15, 0.2) is 11.0 Å². The van der Waals surface area contributed by atoms with Crippen LogP contribution in [0.1, 0.15) is 6.42 Å². The SMILES string of the molecule is FC1CC(F)C(F)S1. The minimum Gasteiger partial charge on any atom is -0.243 e. The Morgan fingerprint density at radius 2 is 1.88 bits per heavy atom. The Labute approximate surface area is 49.4 Å². The molecule has 1 aliphatic heterocycles. The van der Waals surface area contributed by atoms with Crippen LogP contribution in [0.2, 0.25) is 0 Å². The lowest BCUT2D eigenvalue weighted by molar-refractivity contribution is 0.223. The van der Waals surface area contributed by atoms with Crippen LogP contribution in [0.25, 0.3) is 0 Å². The van der Waals surface area contributed by atoms with E-state index in [1.165, 1.54) is 0 Å². The second-order valence-corrected chi connectivity index (χ2v) is 2.88. The molecule has 48 valence electrons. The van der Waals surface area contributed by atoms with Crippen LogP contribution in [0.5, 0.6) is 0 Å². The lowest BCUT2D eigenvalue weighted by Crippen LogP contribution is -2.04. The normalized spacial score (nSPS) is 47.6. The Morgan fingerprint density at radius 1 is 1.25 bits per heavy atom. The van der Waals surface area contributed by atoms with Crippen molar-refractivity contribution in [3.05, 3.63) is 0 Å². The zero-order valence-electron chi connectivity index (χ0n) is 3.98. The number of hydrogen-bond acceptors (Lipinski definition) is 1. The summed E-state index contributed by atoms with van der Waals surface area (Å²) in [5.74, 6) is 0. The van der Waals surface area contributed by atoms with Crippen molar-refractivity contribution in [3.63, 3.8) is 0 Å². The highest BCUT2D eigenvalue weighted by Crippen LogP contribution is 2.37. The third kappa shape index (κ3) is 1.10. The molecule has 3 atom stereocenters. The van der Waals surface area contributed by atoms with E-state index in [0.717, 1.165) is 0 Å². The lowest BCUT2D eigenvalue weighted by Gasteiger charge is -1.95. The van der Waals surface area contributed by atoms with Crippen LogP contribution in [-0.2, 0) is 0 Å². The number of rotatable bonds is 0. The molecule has 0 nitrogen and oxygen atoms in total. The Kier molecular flexibility index (Phi) is 1.70. The molecule has 0 bridgehead atoms. The standard InChI is InChI=1S/C4H5F3S/c5-2-1-3(6)8-4(2)7/h2-4H,1H2. The molecule has 0 saturated carbocycles. The average Bonchev–Trinajstić information content (AvgIpc) is 1.85. The first-order valence-corrected chi connectivity index (χ1v) is 3.22. The van der Waals surface area contributed by atoms with Gasteiger partial charge in [-0.05, 0) is 0 Å². The number of alkyl halides is 3. The van der Waals surface area contributed by atoms with Gasteiger partial charge < -0.3 is 0 Å². The van der Waals surface area contributed by atoms with Crippen LogP contribution in [-0.4, -0.2) is 17.2 Å². The fraction of sp³-hybridized carbons (Fsp3) is 1.00. The maximum absolute atomic E-state index is 11.9. The molecular formula is C4H5F3S. The number of thioether (sulfide) groups is 1. The van der Waals surface area contributed by atoms with Gasteiger partial charge in [0.1, 0.15) is 6.17 Å². The molecule has 0 aromatic carbocycles. The molecule has 1 saturated heterocycles. The first-order chi connectivity index (χ1) is 3.70. The zero-order valence-corrected chi connectivity index (χ0v) is 4.80. The first kappa shape index (κ1) is 6.26. The highest BCUT2D eigenvalue weighted by molar-refractivity contribution is 8.00. The Bertz CT molecular complexity index is 77.4. The fourth-order valence-corrected chi connectivity index (χ4v) is 1.42. The molecule has 8 heavy (non-hydrogen) atoms. The van der Waals surface area contributed by atoms with Crippen LogP contribution in [0.3, 0.4) is 0 Å². The average molecular weight is 142 g/mol. The molecule has 4 heteroatoms. The summed E-state index contributed by atoms with van der Waals surface area (Å²) < 4.78 is 35.8. The van der Waals surface area contributed by atoms with E-state index in [0.29, 0.717) is 11.8 Å². The van der Waals surface area contributed by atoms with Gasteiger partial charge in [-0.3, -0.25) is 0 Å². The summed E-state index contributed by atoms with van der Waals surface area (Å²) in [6.07, 6.45) is -1.87. The van der Waals surface area contributed by atoms with Gasteiger partial charge in [0, 0.05) is 6.42 Å². The quantitative estimate of drug-likeness (QED) is 0.498. The van der Waals surface area contributed by atoms with E-state index in [1.807, 2.05) is 0 Å². The van der Waals surface area contributed by atoms with Crippen LogP contribution in [0.15, 0.2) is 0 Å². The van der Waals surface area contributed by atoms with Crippen molar-refractivity contribution in [1.29, 1.82) is 0 Å². The number of hydrogen-bond donors (Lipinski definition) is 0. The van der Waals surface area contributed by atoms with Gasteiger partial charge in [-0.1, -0.05) is 11.8 Å². The monoisotopic (exact) mass is 142 g/mol. The van der Waals surface area contributed by atoms with Gasteiger partial charge in [-0.15, -0.1) is 0 Å². The minimum atomic E-state index is -1.63. The van der Waals surface area contributed by atoms with Gasteiger partial charge >= 0.3 is 0 Å². The van der Waals surface area contributed by atoms with E-state index in [9.17, 15) is 13.2 Å². The second-order valence-electron chi connectivity index (χ2n) is 1.65. The van der Waals surface area contributed by atoms with E-state index in [-0.39, 0.29) is 6.42 Å². The molecule has 1 aliphatic rings. The lowest BCUT2D eigenvalue weighted by atomic mass is 10.3. The van der Waals surface area contributed by atoms with Gasteiger partial charge in [0.05, 0.1) is 0 Å². The maximum Gasteiger partial charge on any atom is 0.179 e. The molecule has 0 aromatic rings. The Morgan fingerprint density at radius 3 is 2.00 bits per heavy atom. The molecule has 0 radical (unpaired) electrons. The van der Waals surface area contributed by atoms with E-state index in [4.69, 9.17) is 0 Å². The summed E-state index contributed by atoms with van der Waals surface area (Å²) in [6, 6.07) is 0. The van der Waals surface area contributed by atoms with Crippen molar-refractivity contribution in [2.45, 2.75) is 23.6 Å². The van der Waals surface area contributed by atoms with Crippen molar-refractivity contribution in [2.75, 3.05) is 0 Å². The second kappa shape index (κ2) is 2.17. The Balaban J connectivity index is 2.39. The summed E-state index contributed by atoms with van der Waals surface area (Å²) in [5, 5.41) is 0. The van der Waals surface area contributed by atoms with Crippen molar-refractivity contribution < 1.29 is 13.2 Å². The highest BCUT2D eigenvalue weighted by atomic mass is 32.2. The van der Waals surface area contributed by atoms with E-state index in [1.54, 1.807) is 0 Å². The predicted octanol–water partition coefficient (Wildman–Crippen LogP) is 2.05. The first-order valence-electron chi connectivity index (χ1n) is 2.28. The summed E-state index contributed by atoms with van der Waals surface area (Å²) >= 11 is 0.420. The Hall–Kier alpha value is 0.140. The van der Waals surface area contributed by atoms with Gasteiger partial charge in [-0.2, -0.15) is 0 Å². The molecule has 0 spiro atoms. The molecule has 0 aliphatic carbocycles. The topological polar surface area (TPSA) is 0 Å². The molecule has 1 rings (SSSR count). The highest BCUT2D eigenvalue weighted by Gasteiger charge is 2.35. The summed E-state index contributed by atoms with van der Waals surface area (Å²) in [6.45, 7) is 0. The van der Waals surface area contributed by atoms with E-state index >= 15 is 0 Å². The van der Waals surface area contributed by atoms with Crippen LogP contribution in [0.4, 0.5) is 13.2 Å². The smallest absolute Gasteiger partial charge is 0.179 e. The predicted molar refractivity (Wildman–Crippen MR) is 26.9 cm³/mol. The van der Waals surface area contributed by atoms with Gasteiger partial charge in [0.2, 0.25) is 0 Å². The summed E-state index contributed by atoms with van der Waals surface area (Å²) in [4.78, 5) is 0. The van der Waals surface area contributed by atoms with Crippen LogP contribution < -0.4 is 0 Å². The largest absolute Gasteiger partial charge is 0.243 e. The van der Waals surface area contributed by atoms with Crippen molar-refractivity contribution >= 4 is 11.8 Å². The molecule has 1 heterocycles. The molecule has 0 N–H and O–H groups in total. The molecule has 3 unspecified atom stereocenters. The van der Waals surface area contributed by atoms with E-state index in [2.05, 4.69) is 0 Å². The minimum absolute atomic E-state index is 0.286.